The number of aromatic nitrogens is 1. The normalized spacial score (nSPS) is 10.6. The first-order valence-corrected chi connectivity index (χ1v) is 6.05. The van der Waals surface area contributed by atoms with E-state index in [4.69, 9.17) is 10.5 Å². The van der Waals surface area contributed by atoms with Gasteiger partial charge in [0.05, 0.1) is 6.61 Å². The largest absolute Gasteiger partial charge is 0.384 e. The molecule has 3 nitrogen and oxygen atoms in total. The van der Waals surface area contributed by atoms with Crippen LogP contribution in [-0.2, 0) is 17.7 Å². The maximum Gasteiger partial charge on any atom is 0.0502 e. The highest BCUT2D eigenvalue weighted by Gasteiger charge is 2.00. The fraction of sp³-hybridized carbons (Fsp3) is 0.267. The quantitative estimate of drug-likeness (QED) is 0.875. The van der Waals surface area contributed by atoms with Crippen LogP contribution in [0.2, 0.25) is 0 Å². The lowest BCUT2D eigenvalue weighted by atomic mass is 10.0. The van der Waals surface area contributed by atoms with Crippen LogP contribution in [-0.4, -0.2) is 18.7 Å². The lowest BCUT2D eigenvalue weighted by molar-refractivity contribution is 0.202. The molecule has 0 saturated heterocycles. The number of benzene rings is 1. The Morgan fingerprint density at radius 2 is 1.83 bits per heavy atom. The summed E-state index contributed by atoms with van der Waals surface area (Å²) in [5.41, 5.74) is 10.2. The van der Waals surface area contributed by atoms with Gasteiger partial charge in [0.25, 0.3) is 0 Å². The Hall–Kier alpha value is -1.71. The van der Waals surface area contributed by atoms with Crippen molar-refractivity contribution >= 4 is 0 Å². The van der Waals surface area contributed by atoms with Gasteiger partial charge in [-0.1, -0.05) is 24.3 Å². The van der Waals surface area contributed by atoms with E-state index in [1.165, 1.54) is 11.1 Å². The van der Waals surface area contributed by atoms with E-state index in [9.17, 15) is 0 Å². The third-order valence-corrected chi connectivity index (χ3v) is 2.91. The van der Waals surface area contributed by atoms with Crippen LogP contribution in [0.15, 0.2) is 42.7 Å². The summed E-state index contributed by atoms with van der Waals surface area (Å²) in [6, 6.07) is 10.6. The number of nitrogens with two attached hydrogens (primary N) is 1. The maximum atomic E-state index is 5.62. The van der Waals surface area contributed by atoms with Crippen molar-refractivity contribution in [3.63, 3.8) is 0 Å². The molecule has 0 amide bonds. The second-order valence-corrected chi connectivity index (χ2v) is 4.23. The zero-order valence-corrected chi connectivity index (χ0v) is 10.6. The topological polar surface area (TPSA) is 48.1 Å². The summed E-state index contributed by atoms with van der Waals surface area (Å²) in [6.07, 6.45) is 4.61. The highest BCUT2D eigenvalue weighted by atomic mass is 16.5. The maximum absolute atomic E-state index is 5.62. The molecule has 0 radical (unpaired) electrons. The van der Waals surface area contributed by atoms with Crippen molar-refractivity contribution in [1.82, 2.24) is 4.98 Å². The molecule has 3 heteroatoms. The Bertz CT molecular complexity index is 494. The summed E-state index contributed by atoms with van der Waals surface area (Å²) in [4.78, 5) is 4.20. The van der Waals surface area contributed by atoms with Crippen molar-refractivity contribution in [2.75, 3.05) is 13.7 Å². The van der Waals surface area contributed by atoms with Gasteiger partial charge in [-0.05, 0) is 29.2 Å². The zero-order chi connectivity index (χ0) is 12.8. The van der Waals surface area contributed by atoms with Crippen molar-refractivity contribution in [2.24, 2.45) is 5.73 Å². The number of nitrogens with zero attached hydrogens (tertiary/aromatic N) is 1. The minimum absolute atomic E-state index is 0.521. The predicted octanol–water partition coefficient (Wildman–Crippen LogP) is 2.40. The molecule has 18 heavy (non-hydrogen) atoms. The van der Waals surface area contributed by atoms with E-state index in [2.05, 4.69) is 35.3 Å². The summed E-state index contributed by atoms with van der Waals surface area (Å²) in [7, 11) is 1.72. The van der Waals surface area contributed by atoms with Crippen LogP contribution in [0.1, 0.15) is 11.1 Å². The van der Waals surface area contributed by atoms with E-state index in [1.54, 1.807) is 13.3 Å². The molecule has 0 bridgehead atoms. The van der Waals surface area contributed by atoms with Crippen molar-refractivity contribution in [3.05, 3.63) is 53.9 Å². The first-order chi connectivity index (χ1) is 8.83. The predicted molar refractivity (Wildman–Crippen MR) is 73.1 cm³/mol. The fourth-order valence-corrected chi connectivity index (χ4v) is 1.84. The smallest absolute Gasteiger partial charge is 0.0502 e. The van der Waals surface area contributed by atoms with Crippen LogP contribution in [0, 0.1) is 0 Å². The highest BCUT2D eigenvalue weighted by Crippen LogP contribution is 2.20. The second-order valence-electron chi connectivity index (χ2n) is 4.23. The lowest BCUT2D eigenvalue weighted by Gasteiger charge is -2.05. The molecule has 0 aliphatic carbocycles. The van der Waals surface area contributed by atoms with Crippen LogP contribution in [0.4, 0.5) is 0 Å². The van der Waals surface area contributed by atoms with E-state index in [0.717, 1.165) is 24.2 Å². The first kappa shape index (κ1) is 12.7. The summed E-state index contributed by atoms with van der Waals surface area (Å²) in [5.74, 6) is 0. The zero-order valence-electron chi connectivity index (χ0n) is 10.6. The average Bonchev–Trinajstić information content (AvgIpc) is 2.46. The van der Waals surface area contributed by atoms with Crippen LogP contribution in [0.25, 0.3) is 11.1 Å². The Morgan fingerprint density at radius 1 is 1.06 bits per heavy atom. The molecule has 0 aliphatic heterocycles. The SMILES string of the molecule is COCCc1ccc(-c2cncc(CN)c2)cc1. The molecule has 0 saturated carbocycles. The summed E-state index contributed by atoms with van der Waals surface area (Å²) < 4.78 is 5.07. The highest BCUT2D eigenvalue weighted by molar-refractivity contribution is 5.63. The molecule has 1 aromatic carbocycles. The number of methoxy groups -OCH3 is 1. The number of hydrogen-bond donors (Lipinski definition) is 1. The molecule has 0 atom stereocenters. The Kier molecular flexibility index (Phi) is 4.45. The molecule has 0 spiro atoms. The number of rotatable bonds is 5. The average molecular weight is 242 g/mol. The van der Waals surface area contributed by atoms with Crippen LogP contribution in [0.5, 0.6) is 0 Å². The molecule has 0 aliphatic rings. The standard InChI is InChI=1S/C15H18N2O/c1-18-7-6-12-2-4-14(5-3-12)15-8-13(9-16)10-17-11-15/h2-5,8,10-11H,6-7,9,16H2,1H3. The summed E-state index contributed by atoms with van der Waals surface area (Å²) in [6.45, 7) is 1.27. The molecule has 2 aromatic rings. The van der Waals surface area contributed by atoms with Gasteiger partial charge >= 0.3 is 0 Å². The fourth-order valence-electron chi connectivity index (χ4n) is 1.84. The van der Waals surface area contributed by atoms with Crippen LogP contribution >= 0.6 is 0 Å². The van der Waals surface area contributed by atoms with Crippen LogP contribution < -0.4 is 5.73 Å². The number of hydrogen-bond acceptors (Lipinski definition) is 3. The minimum Gasteiger partial charge on any atom is -0.384 e. The van der Waals surface area contributed by atoms with E-state index in [1.807, 2.05) is 6.20 Å². The molecule has 0 fully saturated rings. The van der Waals surface area contributed by atoms with Crippen molar-refractivity contribution in [3.8, 4) is 11.1 Å². The lowest BCUT2D eigenvalue weighted by Crippen LogP contribution is -1.97. The molecular formula is C15H18N2O. The van der Waals surface area contributed by atoms with E-state index >= 15 is 0 Å². The Morgan fingerprint density at radius 3 is 2.50 bits per heavy atom. The van der Waals surface area contributed by atoms with Gasteiger partial charge in [-0.2, -0.15) is 0 Å². The number of pyridine rings is 1. The Labute approximate surface area is 108 Å². The van der Waals surface area contributed by atoms with Gasteiger partial charge in [0, 0.05) is 31.6 Å². The Balaban J connectivity index is 2.17. The van der Waals surface area contributed by atoms with Gasteiger partial charge in [-0.3, -0.25) is 4.98 Å². The molecular weight excluding hydrogens is 224 g/mol. The van der Waals surface area contributed by atoms with Crippen molar-refractivity contribution in [2.45, 2.75) is 13.0 Å². The monoisotopic (exact) mass is 242 g/mol. The number of ether oxygens (including phenoxy) is 1. The van der Waals surface area contributed by atoms with Gasteiger partial charge in [0.2, 0.25) is 0 Å². The molecule has 0 unspecified atom stereocenters. The van der Waals surface area contributed by atoms with Crippen LogP contribution in [0.3, 0.4) is 0 Å². The van der Waals surface area contributed by atoms with Gasteiger partial charge in [0.1, 0.15) is 0 Å². The minimum atomic E-state index is 0.521. The van der Waals surface area contributed by atoms with Gasteiger partial charge in [-0.15, -0.1) is 0 Å². The van der Waals surface area contributed by atoms with E-state index < -0.39 is 0 Å². The van der Waals surface area contributed by atoms with Crippen molar-refractivity contribution < 1.29 is 4.74 Å². The molecule has 94 valence electrons. The molecule has 2 rings (SSSR count). The van der Waals surface area contributed by atoms with Gasteiger partial charge in [0.15, 0.2) is 0 Å². The van der Waals surface area contributed by atoms with E-state index in [-0.39, 0.29) is 0 Å². The van der Waals surface area contributed by atoms with Gasteiger partial charge in [-0.25, -0.2) is 0 Å². The molecule has 2 N–H and O–H groups in total. The van der Waals surface area contributed by atoms with Gasteiger partial charge < -0.3 is 10.5 Å². The summed E-state index contributed by atoms with van der Waals surface area (Å²) in [5, 5.41) is 0. The molecule has 1 heterocycles. The van der Waals surface area contributed by atoms with E-state index in [0.29, 0.717) is 6.54 Å². The summed E-state index contributed by atoms with van der Waals surface area (Å²) >= 11 is 0. The molecule has 1 aromatic heterocycles. The third kappa shape index (κ3) is 3.15. The first-order valence-electron chi connectivity index (χ1n) is 6.05. The van der Waals surface area contributed by atoms with Crippen molar-refractivity contribution in [1.29, 1.82) is 0 Å². The third-order valence-electron chi connectivity index (χ3n) is 2.91. The second kappa shape index (κ2) is 6.28.